The van der Waals surface area contributed by atoms with Gasteiger partial charge in [0.15, 0.2) is 0 Å². The molecule has 0 fully saturated rings. The van der Waals surface area contributed by atoms with Crippen molar-refractivity contribution in [2.45, 2.75) is 27.4 Å². The molecule has 0 bridgehead atoms. The van der Waals surface area contributed by atoms with Crippen molar-refractivity contribution in [2.24, 2.45) is 0 Å². The van der Waals surface area contributed by atoms with Gasteiger partial charge in [-0.05, 0) is 30.7 Å². The Balaban J connectivity index is 0.00000117. The Labute approximate surface area is 159 Å². The molecule has 0 saturated heterocycles. The van der Waals surface area contributed by atoms with Crippen molar-refractivity contribution in [2.75, 3.05) is 11.1 Å². The average molecular weight is 371 g/mol. The van der Waals surface area contributed by atoms with Crippen LogP contribution in [0.3, 0.4) is 0 Å². The van der Waals surface area contributed by atoms with Gasteiger partial charge < -0.3 is 15.8 Å². The van der Waals surface area contributed by atoms with E-state index in [0.29, 0.717) is 29.0 Å². The van der Waals surface area contributed by atoms with Gasteiger partial charge in [-0.3, -0.25) is 0 Å². The molecule has 3 aromatic rings. The van der Waals surface area contributed by atoms with Gasteiger partial charge in [-0.25, -0.2) is 9.97 Å². The highest BCUT2D eigenvalue weighted by atomic mass is 35.5. The monoisotopic (exact) mass is 370 g/mol. The van der Waals surface area contributed by atoms with Crippen molar-refractivity contribution in [3.63, 3.8) is 0 Å². The van der Waals surface area contributed by atoms with Crippen LogP contribution in [0.4, 0.5) is 17.3 Å². The van der Waals surface area contributed by atoms with E-state index in [1.807, 2.05) is 63.2 Å². The van der Waals surface area contributed by atoms with Gasteiger partial charge in [-0.1, -0.05) is 55.8 Å². The molecule has 5 nitrogen and oxygen atoms in total. The van der Waals surface area contributed by atoms with Crippen molar-refractivity contribution < 1.29 is 4.74 Å². The molecule has 0 radical (unpaired) electrons. The van der Waals surface area contributed by atoms with Gasteiger partial charge >= 0.3 is 0 Å². The number of aromatic nitrogens is 2. The van der Waals surface area contributed by atoms with E-state index in [0.717, 1.165) is 16.8 Å². The molecule has 0 saturated carbocycles. The van der Waals surface area contributed by atoms with Gasteiger partial charge in [0.05, 0.1) is 5.02 Å². The number of nitrogens with zero attached hydrogens (tertiary/aromatic N) is 2. The minimum Gasteiger partial charge on any atom is -0.487 e. The number of ether oxygens (including phenoxy) is 1. The number of nitrogen functional groups attached to an aromatic ring is 1. The molecule has 1 heterocycles. The summed E-state index contributed by atoms with van der Waals surface area (Å²) in [7, 11) is 0. The highest BCUT2D eigenvalue weighted by Crippen LogP contribution is 2.30. The summed E-state index contributed by atoms with van der Waals surface area (Å²) in [6.45, 7) is 6.32. The fraction of sp³-hybridized carbons (Fsp3) is 0.200. The third kappa shape index (κ3) is 5.10. The Bertz CT molecular complexity index is 840. The maximum atomic E-state index is 6.31. The number of halogens is 1. The SMILES string of the molecule is CC.Cc1c(N)ncnc1Nc1ccc(OCc2ccccc2)c(Cl)c1. The quantitative estimate of drug-likeness (QED) is 0.631. The van der Waals surface area contributed by atoms with Crippen LogP contribution in [0.25, 0.3) is 0 Å². The molecular weight excluding hydrogens is 348 g/mol. The zero-order valence-corrected chi connectivity index (χ0v) is 15.9. The Morgan fingerprint density at radius 3 is 2.50 bits per heavy atom. The van der Waals surface area contributed by atoms with Crippen molar-refractivity contribution >= 4 is 28.9 Å². The lowest BCUT2D eigenvalue weighted by atomic mass is 10.2. The van der Waals surface area contributed by atoms with E-state index in [2.05, 4.69) is 15.3 Å². The van der Waals surface area contributed by atoms with E-state index in [9.17, 15) is 0 Å². The molecule has 1 aromatic heterocycles. The molecule has 0 aliphatic heterocycles. The van der Waals surface area contributed by atoms with Crippen molar-refractivity contribution in [3.05, 3.63) is 71.0 Å². The Kier molecular flexibility index (Phi) is 7.24. The van der Waals surface area contributed by atoms with Crippen LogP contribution in [0.2, 0.25) is 5.02 Å². The first-order valence-electron chi connectivity index (χ1n) is 8.44. The lowest BCUT2D eigenvalue weighted by Gasteiger charge is -2.12. The molecular formula is C20H23ClN4O. The summed E-state index contributed by atoms with van der Waals surface area (Å²) in [6, 6.07) is 15.4. The molecule has 0 spiro atoms. The molecule has 0 amide bonds. The van der Waals surface area contributed by atoms with Crippen LogP contribution in [0.5, 0.6) is 5.75 Å². The number of nitrogens with one attached hydrogen (secondary N) is 1. The van der Waals surface area contributed by atoms with Crippen LogP contribution >= 0.6 is 11.6 Å². The second-order valence-electron chi connectivity index (χ2n) is 5.28. The highest BCUT2D eigenvalue weighted by molar-refractivity contribution is 6.32. The molecule has 0 aliphatic rings. The third-order valence-electron chi connectivity index (χ3n) is 3.55. The Hall–Kier alpha value is -2.79. The van der Waals surface area contributed by atoms with E-state index < -0.39 is 0 Å². The molecule has 0 unspecified atom stereocenters. The average Bonchev–Trinajstić information content (AvgIpc) is 2.67. The van der Waals surface area contributed by atoms with Gasteiger partial charge in [-0.2, -0.15) is 0 Å². The van der Waals surface area contributed by atoms with Crippen LogP contribution in [0.1, 0.15) is 25.0 Å². The molecule has 2 aromatic carbocycles. The van der Waals surface area contributed by atoms with Crippen LogP contribution in [-0.4, -0.2) is 9.97 Å². The normalized spacial score (nSPS) is 9.85. The standard InChI is InChI=1S/C18H17ClN4O.C2H6/c1-12-17(20)21-11-22-18(12)23-14-7-8-16(15(19)9-14)24-10-13-5-3-2-4-6-13;1-2/h2-9,11H,10H2,1H3,(H3,20,21,22,23);1-2H3. The second-order valence-corrected chi connectivity index (χ2v) is 5.68. The fourth-order valence-electron chi connectivity index (χ4n) is 2.16. The molecule has 26 heavy (non-hydrogen) atoms. The molecule has 3 rings (SSSR count). The number of hydrogen-bond acceptors (Lipinski definition) is 5. The van der Waals surface area contributed by atoms with Gasteiger partial charge in [0, 0.05) is 11.3 Å². The van der Waals surface area contributed by atoms with E-state index in [1.54, 1.807) is 6.07 Å². The summed E-state index contributed by atoms with van der Waals surface area (Å²) < 4.78 is 5.77. The number of nitrogens with two attached hydrogens (primary N) is 1. The van der Waals surface area contributed by atoms with Gasteiger partial charge in [0.1, 0.15) is 30.3 Å². The predicted molar refractivity (Wildman–Crippen MR) is 108 cm³/mol. The zero-order chi connectivity index (χ0) is 18.9. The van der Waals surface area contributed by atoms with Crippen molar-refractivity contribution in [1.82, 2.24) is 9.97 Å². The van der Waals surface area contributed by atoms with Crippen LogP contribution < -0.4 is 15.8 Å². The lowest BCUT2D eigenvalue weighted by molar-refractivity contribution is 0.306. The smallest absolute Gasteiger partial charge is 0.138 e. The van der Waals surface area contributed by atoms with Gasteiger partial charge in [0.2, 0.25) is 0 Å². The van der Waals surface area contributed by atoms with E-state index >= 15 is 0 Å². The van der Waals surface area contributed by atoms with Crippen molar-refractivity contribution in [3.8, 4) is 5.75 Å². The zero-order valence-electron chi connectivity index (χ0n) is 15.2. The molecule has 0 aliphatic carbocycles. The molecule has 0 atom stereocenters. The maximum absolute atomic E-state index is 6.31. The first kappa shape index (κ1) is 19.5. The minimum absolute atomic E-state index is 0.446. The molecule has 3 N–H and O–H groups in total. The summed E-state index contributed by atoms with van der Waals surface area (Å²) in [5.41, 5.74) is 8.46. The lowest BCUT2D eigenvalue weighted by Crippen LogP contribution is -2.02. The Morgan fingerprint density at radius 2 is 1.81 bits per heavy atom. The summed E-state index contributed by atoms with van der Waals surface area (Å²) >= 11 is 6.31. The summed E-state index contributed by atoms with van der Waals surface area (Å²) in [5, 5.41) is 3.71. The van der Waals surface area contributed by atoms with E-state index in [4.69, 9.17) is 22.1 Å². The summed E-state index contributed by atoms with van der Waals surface area (Å²) in [4.78, 5) is 8.13. The Morgan fingerprint density at radius 1 is 1.08 bits per heavy atom. The van der Waals surface area contributed by atoms with Gasteiger partial charge in [0.25, 0.3) is 0 Å². The van der Waals surface area contributed by atoms with Crippen LogP contribution in [0, 0.1) is 6.92 Å². The first-order valence-corrected chi connectivity index (χ1v) is 8.81. The fourth-order valence-corrected chi connectivity index (χ4v) is 2.39. The number of benzene rings is 2. The largest absolute Gasteiger partial charge is 0.487 e. The number of rotatable bonds is 5. The summed E-state index contributed by atoms with van der Waals surface area (Å²) in [6.07, 6.45) is 1.42. The highest BCUT2D eigenvalue weighted by Gasteiger charge is 2.07. The van der Waals surface area contributed by atoms with E-state index in [1.165, 1.54) is 6.33 Å². The number of anilines is 3. The van der Waals surface area contributed by atoms with E-state index in [-0.39, 0.29) is 0 Å². The third-order valence-corrected chi connectivity index (χ3v) is 3.85. The topological polar surface area (TPSA) is 73.1 Å². The predicted octanol–water partition coefficient (Wildman–Crippen LogP) is 5.37. The molecule has 136 valence electrons. The van der Waals surface area contributed by atoms with Crippen molar-refractivity contribution in [1.29, 1.82) is 0 Å². The molecule has 6 heteroatoms. The second kappa shape index (κ2) is 9.63. The van der Waals surface area contributed by atoms with Crippen LogP contribution in [-0.2, 0) is 6.61 Å². The maximum Gasteiger partial charge on any atom is 0.138 e. The summed E-state index contributed by atoms with van der Waals surface area (Å²) in [5.74, 6) is 1.72. The number of hydrogen-bond donors (Lipinski definition) is 2. The van der Waals surface area contributed by atoms with Crippen LogP contribution in [0.15, 0.2) is 54.9 Å². The van der Waals surface area contributed by atoms with Gasteiger partial charge in [-0.15, -0.1) is 0 Å². The first-order chi connectivity index (χ1) is 12.6. The minimum atomic E-state index is 0.446.